The van der Waals surface area contributed by atoms with Crippen LogP contribution in [0.1, 0.15) is 39.0 Å². The fourth-order valence-electron chi connectivity index (χ4n) is 2.48. The Morgan fingerprint density at radius 1 is 1.44 bits per heavy atom. The first kappa shape index (κ1) is 13.2. The molecule has 2 N–H and O–H groups in total. The molecule has 1 fully saturated rings. The predicted molar refractivity (Wildman–Crippen MR) is 64.3 cm³/mol. The summed E-state index contributed by atoms with van der Waals surface area (Å²) in [5.41, 5.74) is 0. The first-order valence-corrected chi connectivity index (χ1v) is 6.12. The van der Waals surface area contributed by atoms with Gasteiger partial charge in [0.1, 0.15) is 0 Å². The largest absolute Gasteiger partial charge is 0.469 e. The van der Waals surface area contributed by atoms with Gasteiger partial charge in [0, 0.05) is 18.8 Å². The lowest BCUT2D eigenvalue weighted by atomic mass is 9.89. The molecule has 1 saturated carbocycles. The molecule has 0 aromatic rings. The molecule has 0 aliphatic heterocycles. The van der Waals surface area contributed by atoms with E-state index in [1.165, 1.54) is 7.11 Å². The first-order valence-electron chi connectivity index (χ1n) is 6.12. The van der Waals surface area contributed by atoms with Gasteiger partial charge in [0.2, 0.25) is 0 Å². The summed E-state index contributed by atoms with van der Waals surface area (Å²) in [7, 11) is 1.43. The summed E-state index contributed by atoms with van der Waals surface area (Å²) in [6.45, 7) is 2.11. The predicted octanol–water partition coefficient (Wildman–Crippen LogP) is 2.03. The van der Waals surface area contributed by atoms with Gasteiger partial charge in [-0.1, -0.05) is 19.1 Å². The average molecular weight is 227 g/mol. The van der Waals surface area contributed by atoms with Gasteiger partial charge in [-0.2, -0.15) is 0 Å². The molecule has 0 amide bonds. The van der Waals surface area contributed by atoms with Crippen molar-refractivity contribution in [3.05, 3.63) is 12.2 Å². The number of methoxy groups -OCH3 is 1. The maximum atomic E-state index is 11.2. The Morgan fingerprint density at radius 3 is 2.81 bits per heavy atom. The van der Waals surface area contributed by atoms with E-state index in [1.807, 2.05) is 0 Å². The molecule has 0 heterocycles. The molecule has 0 spiro atoms. The van der Waals surface area contributed by atoms with Crippen molar-refractivity contribution < 1.29 is 14.6 Å². The zero-order chi connectivity index (χ0) is 12.0. The molecule has 0 radical (unpaired) electrons. The van der Waals surface area contributed by atoms with Crippen LogP contribution in [0, 0.1) is 11.8 Å². The van der Waals surface area contributed by atoms with Crippen LogP contribution in [0.4, 0.5) is 0 Å². The number of hydrogen-bond acceptors (Lipinski definition) is 2. The summed E-state index contributed by atoms with van der Waals surface area (Å²) >= 11 is 0. The lowest BCUT2D eigenvalue weighted by Gasteiger charge is -2.17. The van der Waals surface area contributed by atoms with Gasteiger partial charge < -0.3 is 9.84 Å². The quantitative estimate of drug-likeness (QED) is 0.410. The highest BCUT2D eigenvalue weighted by Gasteiger charge is 2.38. The van der Waals surface area contributed by atoms with E-state index in [2.05, 4.69) is 19.1 Å². The van der Waals surface area contributed by atoms with Crippen LogP contribution in [0.15, 0.2) is 12.2 Å². The SMILES string of the molecule is CC/C=C/CC1C([OH2+])CCC1CC(=O)OC. The Bertz CT molecular complexity index is 248. The first-order chi connectivity index (χ1) is 7.69. The van der Waals surface area contributed by atoms with Crippen molar-refractivity contribution >= 4 is 5.97 Å². The maximum Gasteiger partial charge on any atom is 0.305 e. The van der Waals surface area contributed by atoms with Crippen LogP contribution >= 0.6 is 0 Å². The van der Waals surface area contributed by atoms with Gasteiger partial charge in [0.05, 0.1) is 7.11 Å². The van der Waals surface area contributed by atoms with Crippen molar-refractivity contribution in [3.63, 3.8) is 0 Å². The normalized spacial score (nSPS) is 29.8. The minimum atomic E-state index is -0.136. The van der Waals surface area contributed by atoms with Gasteiger partial charge in [-0.15, -0.1) is 0 Å². The summed E-state index contributed by atoms with van der Waals surface area (Å²) in [6.07, 6.45) is 8.66. The Kier molecular flexibility index (Phi) is 5.53. The third-order valence-electron chi connectivity index (χ3n) is 3.44. The number of carbonyl (C=O) groups excluding carboxylic acids is 1. The van der Waals surface area contributed by atoms with Crippen LogP contribution in [0.5, 0.6) is 0 Å². The zero-order valence-corrected chi connectivity index (χ0v) is 10.2. The van der Waals surface area contributed by atoms with E-state index in [4.69, 9.17) is 9.84 Å². The number of rotatable bonds is 5. The fourth-order valence-corrected chi connectivity index (χ4v) is 2.48. The van der Waals surface area contributed by atoms with Crippen LogP contribution in [-0.4, -0.2) is 24.3 Å². The molecule has 3 unspecified atom stereocenters. The summed E-state index contributed by atoms with van der Waals surface area (Å²) < 4.78 is 4.70. The molecule has 0 saturated heterocycles. The van der Waals surface area contributed by atoms with E-state index >= 15 is 0 Å². The van der Waals surface area contributed by atoms with Crippen molar-refractivity contribution in [2.45, 2.75) is 45.1 Å². The second kappa shape index (κ2) is 6.69. The minimum absolute atomic E-state index is 0.00355. The van der Waals surface area contributed by atoms with Crippen LogP contribution in [-0.2, 0) is 9.53 Å². The Hall–Kier alpha value is -0.830. The lowest BCUT2D eigenvalue weighted by molar-refractivity contribution is -0.142. The van der Waals surface area contributed by atoms with Gasteiger partial charge in [-0.3, -0.25) is 4.79 Å². The highest BCUT2D eigenvalue weighted by molar-refractivity contribution is 5.69. The summed E-state index contributed by atoms with van der Waals surface area (Å²) in [5, 5.41) is 7.97. The highest BCUT2D eigenvalue weighted by atomic mass is 16.5. The number of carbonyl (C=O) groups is 1. The Morgan fingerprint density at radius 2 is 2.19 bits per heavy atom. The third kappa shape index (κ3) is 3.63. The molecule has 16 heavy (non-hydrogen) atoms. The lowest BCUT2D eigenvalue weighted by Crippen LogP contribution is -2.21. The third-order valence-corrected chi connectivity index (χ3v) is 3.44. The number of allylic oxidation sites excluding steroid dienone is 2. The summed E-state index contributed by atoms with van der Waals surface area (Å²) in [4.78, 5) is 11.2. The second-order valence-electron chi connectivity index (χ2n) is 4.50. The smallest absolute Gasteiger partial charge is 0.305 e. The standard InChI is InChI=1S/C13H22O3/c1-3-4-5-6-11-10(7-8-12(11)14)9-13(15)16-2/h4-5,10-12,14H,3,6-9H2,1-2H3/p+1/b5-4+. The molecule has 1 aliphatic carbocycles. The van der Waals surface area contributed by atoms with E-state index in [0.717, 1.165) is 25.7 Å². The van der Waals surface area contributed by atoms with Crippen molar-refractivity contribution in [3.8, 4) is 0 Å². The van der Waals surface area contributed by atoms with Crippen molar-refractivity contribution in [1.29, 1.82) is 0 Å². The van der Waals surface area contributed by atoms with E-state index in [0.29, 0.717) is 18.3 Å². The monoisotopic (exact) mass is 227 g/mol. The molecule has 3 nitrogen and oxygen atoms in total. The molecule has 1 rings (SSSR count). The molecular formula is C13H23O3+. The molecule has 1 aliphatic rings. The highest BCUT2D eigenvalue weighted by Crippen LogP contribution is 2.37. The minimum Gasteiger partial charge on any atom is -0.469 e. The van der Waals surface area contributed by atoms with E-state index in [1.54, 1.807) is 0 Å². The van der Waals surface area contributed by atoms with Gasteiger partial charge in [0.25, 0.3) is 0 Å². The summed E-state index contributed by atoms with van der Waals surface area (Å²) in [5.74, 6) is 0.543. The molecule has 0 bridgehead atoms. The van der Waals surface area contributed by atoms with Crippen LogP contribution in [0.25, 0.3) is 0 Å². The van der Waals surface area contributed by atoms with E-state index in [-0.39, 0.29) is 12.1 Å². The van der Waals surface area contributed by atoms with Gasteiger partial charge >= 0.3 is 5.97 Å². The van der Waals surface area contributed by atoms with Gasteiger partial charge in [-0.25, -0.2) is 0 Å². The van der Waals surface area contributed by atoms with Gasteiger partial charge in [-0.05, 0) is 25.2 Å². The second-order valence-corrected chi connectivity index (χ2v) is 4.50. The molecule has 3 atom stereocenters. The van der Waals surface area contributed by atoms with Crippen molar-refractivity contribution in [1.82, 2.24) is 0 Å². The average Bonchev–Trinajstić information content (AvgIpc) is 2.61. The van der Waals surface area contributed by atoms with Crippen LogP contribution in [0.2, 0.25) is 0 Å². The molecule has 3 heteroatoms. The Balaban J connectivity index is 2.48. The molecular weight excluding hydrogens is 204 g/mol. The molecule has 0 aromatic heterocycles. The fraction of sp³-hybridized carbons (Fsp3) is 0.769. The number of hydrogen-bond donors (Lipinski definition) is 0. The van der Waals surface area contributed by atoms with Crippen molar-refractivity contribution in [2.24, 2.45) is 11.8 Å². The van der Waals surface area contributed by atoms with E-state index < -0.39 is 0 Å². The molecule has 0 aromatic carbocycles. The number of ether oxygens (including phenoxy) is 1. The van der Waals surface area contributed by atoms with Gasteiger partial charge in [0.15, 0.2) is 6.10 Å². The topological polar surface area (TPSA) is 49.2 Å². The maximum absolute atomic E-state index is 11.2. The van der Waals surface area contributed by atoms with E-state index in [9.17, 15) is 4.79 Å². The molecule has 92 valence electrons. The number of esters is 1. The van der Waals surface area contributed by atoms with Crippen LogP contribution in [0.3, 0.4) is 0 Å². The zero-order valence-electron chi connectivity index (χ0n) is 10.2. The van der Waals surface area contributed by atoms with Crippen LogP contribution < -0.4 is 0 Å². The van der Waals surface area contributed by atoms with Crippen molar-refractivity contribution in [2.75, 3.05) is 7.11 Å². The summed E-state index contributed by atoms with van der Waals surface area (Å²) in [6, 6.07) is 0. The Labute approximate surface area is 97.5 Å².